The van der Waals surface area contributed by atoms with Crippen LogP contribution in [0.4, 0.5) is 5.69 Å². The Kier molecular flexibility index (Phi) is 6.05. The molecule has 8 heteroatoms. The van der Waals surface area contributed by atoms with E-state index >= 15 is 0 Å². The molecule has 0 spiro atoms. The van der Waals surface area contributed by atoms with Gasteiger partial charge < -0.3 is 15.4 Å². The molecule has 37 heavy (non-hydrogen) atoms. The van der Waals surface area contributed by atoms with E-state index in [0.717, 1.165) is 11.1 Å². The van der Waals surface area contributed by atoms with E-state index in [1.807, 2.05) is 48.5 Å². The van der Waals surface area contributed by atoms with E-state index in [0.29, 0.717) is 33.8 Å². The largest absolute Gasteiger partial charge is 0.478 e. The van der Waals surface area contributed by atoms with Crippen LogP contribution in [-0.2, 0) is 20.4 Å². The number of carbonyl (C=O) groups is 2. The number of aromatic nitrogens is 1. The number of carboxylic acid groups (broad SMARTS) is 1. The highest BCUT2D eigenvalue weighted by Gasteiger charge is 2.28. The highest BCUT2D eigenvalue weighted by Crippen LogP contribution is 2.36. The van der Waals surface area contributed by atoms with Gasteiger partial charge in [-0.2, -0.15) is 0 Å². The van der Waals surface area contributed by atoms with E-state index in [1.54, 1.807) is 32.1 Å². The van der Waals surface area contributed by atoms with Gasteiger partial charge >= 0.3 is 5.97 Å². The minimum atomic E-state index is -3.75. The number of hydrogen-bond donors (Lipinski definition) is 3. The Morgan fingerprint density at radius 2 is 1.65 bits per heavy atom. The van der Waals surface area contributed by atoms with Crippen LogP contribution in [0.25, 0.3) is 22.8 Å². The number of amides is 1. The normalized spacial score (nSPS) is 14.0. The number of carbonyl (C=O) groups excluding carboxylic acids is 1. The van der Waals surface area contributed by atoms with E-state index in [2.05, 4.69) is 10.3 Å². The topological polar surface area (TPSA) is 116 Å². The van der Waals surface area contributed by atoms with Crippen LogP contribution in [0.1, 0.15) is 38.4 Å². The molecule has 3 aromatic carbocycles. The zero-order valence-corrected chi connectivity index (χ0v) is 21.0. The van der Waals surface area contributed by atoms with Crippen molar-refractivity contribution in [2.75, 3.05) is 5.32 Å². The number of carboxylic acids is 1. The molecule has 0 aliphatic carbocycles. The molecule has 186 valence electrons. The summed E-state index contributed by atoms with van der Waals surface area (Å²) in [6.45, 7) is 3.32. The van der Waals surface area contributed by atoms with E-state index < -0.39 is 15.8 Å². The Morgan fingerprint density at radius 3 is 2.35 bits per heavy atom. The SMILES string of the molecule is Cc1[nH]c(/C=C2\C(=O)Nc3ccc(S(=O)(=O)Cc4ccccc4-c4ccccc4)cc32)c(C)c1C(=O)O. The monoisotopic (exact) mass is 512 g/mol. The fraction of sp³-hybridized carbons (Fsp3) is 0.103. The molecule has 1 aromatic heterocycles. The van der Waals surface area contributed by atoms with E-state index in [-0.39, 0.29) is 27.7 Å². The highest BCUT2D eigenvalue weighted by atomic mass is 32.2. The lowest BCUT2D eigenvalue weighted by molar-refractivity contribution is -0.110. The number of aryl methyl sites for hydroxylation is 1. The Morgan fingerprint density at radius 1 is 0.946 bits per heavy atom. The fourth-order valence-electron chi connectivity index (χ4n) is 4.72. The fourth-order valence-corrected chi connectivity index (χ4v) is 6.12. The van der Waals surface area contributed by atoms with E-state index in [4.69, 9.17) is 0 Å². The molecule has 4 aromatic rings. The van der Waals surface area contributed by atoms with Gasteiger partial charge in [0.25, 0.3) is 5.91 Å². The third-order valence-electron chi connectivity index (χ3n) is 6.56. The lowest BCUT2D eigenvalue weighted by atomic mass is 10.0. The van der Waals surface area contributed by atoms with Crippen LogP contribution in [0.3, 0.4) is 0 Å². The third kappa shape index (κ3) is 4.47. The zero-order chi connectivity index (χ0) is 26.3. The summed E-state index contributed by atoms with van der Waals surface area (Å²) in [5.74, 6) is -1.65. The van der Waals surface area contributed by atoms with Gasteiger partial charge in [-0.05, 0) is 60.4 Å². The molecule has 0 radical (unpaired) electrons. The molecular formula is C29H24N2O5S. The van der Waals surface area contributed by atoms with Crippen LogP contribution in [-0.4, -0.2) is 30.4 Å². The van der Waals surface area contributed by atoms with Crippen LogP contribution in [0.15, 0.2) is 77.7 Å². The predicted molar refractivity (Wildman–Crippen MR) is 143 cm³/mol. The van der Waals surface area contributed by atoms with Crippen LogP contribution >= 0.6 is 0 Å². The maximum atomic E-state index is 13.5. The van der Waals surface area contributed by atoms with Crippen molar-refractivity contribution in [1.82, 2.24) is 4.98 Å². The van der Waals surface area contributed by atoms with Crippen LogP contribution in [0.2, 0.25) is 0 Å². The van der Waals surface area contributed by atoms with Crippen molar-refractivity contribution >= 4 is 39.1 Å². The summed E-state index contributed by atoms with van der Waals surface area (Å²) in [6, 6.07) is 21.6. The van der Waals surface area contributed by atoms with Crippen LogP contribution < -0.4 is 5.32 Å². The van der Waals surface area contributed by atoms with Gasteiger partial charge in [0.2, 0.25) is 0 Å². The highest BCUT2D eigenvalue weighted by molar-refractivity contribution is 7.90. The number of aromatic carboxylic acids is 1. The molecule has 1 aliphatic rings. The summed E-state index contributed by atoms with van der Waals surface area (Å²) in [5.41, 5.74) is 5.28. The number of hydrogen-bond acceptors (Lipinski definition) is 4. The molecule has 0 saturated heterocycles. The Balaban J connectivity index is 1.53. The minimum Gasteiger partial charge on any atom is -0.478 e. The molecule has 7 nitrogen and oxygen atoms in total. The molecule has 1 aliphatic heterocycles. The predicted octanol–water partition coefficient (Wildman–Crippen LogP) is 5.46. The van der Waals surface area contributed by atoms with Crippen molar-refractivity contribution in [2.24, 2.45) is 0 Å². The van der Waals surface area contributed by atoms with Crippen molar-refractivity contribution in [2.45, 2.75) is 24.5 Å². The smallest absolute Gasteiger partial charge is 0.337 e. The number of aromatic amines is 1. The first-order valence-corrected chi connectivity index (χ1v) is 13.3. The van der Waals surface area contributed by atoms with Gasteiger partial charge in [0, 0.05) is 22.6 Å². The Hall–Kier alpha value is -4.43. The number of rotatable bonds is 6. The number of fused-ring (bicyclic) bond motifs is 1. The van der Waals surface area contributed by atoms with Crippen LogP contribution in [0, 0.1) is 13.8 Å². The summed E-state index contributed by atoms with van der Waals surface area (Å²) in [4.78, 5) is 27.5. The van der Waals surface area contributed by atoms with Crippen molar-refractivity contribution in [3.63, 3.8) is 0 Å². The third-order valence-corrected chi connectivity index (χ3v) is 8.22. The van der Waals surface area contributed by atoms with Crippen LogP contribution in [0.5, 0.6) is 0 Å². The molecular weight excluding hydrogens is 488 g/mol. The molecule has 0 atom stereocenters. The number of benzene rings is 3. The first-order chi connectivity index (χ1) is 17.7. The average Bonchev–Trinajstić information content (AvgIpc) is 3.33. The first kappa shape index (κ1) is 24.3. The molecule has 0 fully saturated rings. The number of anilines is 1. The molecule has 0 unspecified atom stereocenters. The van der Waals surface area contributed by atoms with Gasteiger partial charge in [-0.25, -0.2) is 13.2 Å². The van der Waals surface area contributed by atoms with Gasteiger partial charge in [0.1, 0.15) is 0 Å². The van der Waals surface area contributed by atoms with E-state index in [1.165, 1.54) is 12.1 Å². The van der Waals surface area contributed by atoms with Crippen molar-refractivity contribution in [3.8, 4) is 11.1 Å². The summed E-state index contributed by atoms with van der Waals surface area (Å²) < 4.78 is 27.0. The zero-order valence-electron chi connectivity index (χ0n) is 20.2. The summed E-state index contributed by atoms with van der Waals surface area (Å²) in [5, 5.41) is 12.2. The van der Waals surface area contributed by atoms with Gasteiger partial charge in [-0.15, -0.1) is 0 Å². The molecule has 0 saturated carbocycles. The maximum Gasteiger partial charge on any atom is 0.337 e. The van der Waals surface area contributed by atoms with Crippen molar-refractivity contribution in [3.05, 3.63) is 106 Å². The Labute approximate surface area is 214 Å². The average molecular weight is 513 g/mol. The van der Waals surface area contributed by atoms with E-state index in [9.17, 15) is 23.1 Å². The maximum absolute atomic E-state index is 13.5. The molecule has 3 N–H and O–H groups in total. The Bertz CT molecular complexity index is 1700. The summed E-state index contributed by atoms with van der Waals surface area (Å²) >= 11 is 0. The van der Waals surface area contributed by atoms with Gasteiger partial charge in [-0.3, -0.25) is 4.79 Å². The van der Waals surface area contributed by atoms with Gasteiger partial charge in [0.15, 0.2) is 9.84 Å². The van der Waals surface area contributed by atoms with Gasteiger partial charge in [-0.1, -0.05) is 54.6 Å². The molecule has 0 bridgehead atoms. The first-order valence-electron chi connectivity index (χ1n) is 11.6. The minimum absolute atomic E-state index is 0.0992. The number of sulfone groups is 1. The second-order valence-corrected chi connectivity index (χ2v) is 11.0. The molecule has 5 rings (SSSR count). The summed E-state index contributed by atoms with van der Waals surface area (Å²) in [7, 11) is -3.75. The standard InChI is InChI=1S/C29H24N2O5S/c1-17-26(30-18(2)27(17)29(33)34)15-24-23-14-21(12-13-25(23)31-28(24)32)37(35,36)16-20-10-6-7-11-22(20)19-8-4-3-5-9-19/h3-15,30H,16H2,1-2H3,(H,31,32)(H,33,34)/b24-15-. The van der Waals surface area contributed by atoms with Crippen molar-refractivity contribution < 1.29 is 23.1 Å². The van der Waals surface area contributed by atoms with Crippen molar-refractivity contribution in [1.29, 1.82) is 0 Å². The second-order valence-electron chi connectivity index (χ2n) is 8.97. The molecule has 1 amide bonds. The lowest BCUT2D eigenvalue weighted by Crippen LogP contribution is -2.06. The number of H-pyrrole nitrogens is 1. The molecule has 2 heterocycles. The van der Waals surface area contributed by atoms with Gasteiger partial charge in [0.05, 0.1) is 21.8 Å². The summed E-state index contributed by atoms with van der Waals surface area (Å²) in [6.07, 6.45) is 1.57. The lowest BCUT2D eigenvalue weighted by Gasteiger charge is -2.11. The number of nitrogens with one attached hydrogen (secondary N) is 2. The second kappa shape index (κ2) is 9.22. The quantitative estimate of drug-likeness (QED) is 0.297.